The number of pyridine rings is 1. The minimum atomic E-state index is -0.467. The maximum Gasteiger partial charge on any atom is 0.266 e. The standard InChI is InChI=1S/C17H18N2O3/c1-9(2)11-6-13(16(20)15(7-11)22-4)12-5-10(3)19-17(21)14(12)8-18/h5-7,9,20H,1-4H3,(H,19,21). The van der Waals surface area contributed by atoms with Crippen LogP contribution >= 0.6 is 0 Å². The van der Waals surface area contributed by atoms with E-state index < -0.39 is 5.56 Å². The predicted octanol–water partition coefficient (Wildman–Crippen LogP) is 3.06. The van der Waals surface area contributed by atoms with E-state index in [9.17, 15) is 15.2 Å². The number of phenolic OH excluding ortho intramolecular Hbond substituents is 1. The topological polar surface area (TPSA) is 86.1 Å². The number of hydrogen-bond donors (Lipinski definition) is 2. The van der Waals surface area contributed by atoms with Crippen molar-refractivity contribution in [2.75, 3.05) is 7.11 Å². The molecule has 2 aromatic rings. The highest BCUT2D eigenvalue weighted by atomic mass is 16.5. The second-order valence-corrected chi connectivity index (χ2v) is 5.46. The first-order valence-corrected chi connectivity index (χ1v) is 6.94. The van der Waals surface area contributed by atoms with E-state index in [0.29, 0.717) is 22.6 Å². The van der Waals surface area contributed by atoms with Crippen LogP contribution in [0.25, 0.3) is 11.1 Å². The SMILES string of the molecule is COc1cc(C(C)C)cc(-c2cc(C)[nH]c(=O)c2C#N)c1O. The van der Waals surface area contributed by atoms with Gasteiger partial charge in [-0.05, 0) is 36.6 Å². The molecule has 0 aliphatic carbocycles. The van der Waals surface area contributed by atoms with E-state index in [0.717, 1.165) is 5.56 Å². The Labute approximate surface area is 128 Å². The average Bonchev–Trinajstić information content (AvgIpc) is 2.46. The second-order valence-electron chi connectivity index (χ2n) is 5.46. The second kappa shape index (κ2) is 5.94. The van der Waals surface area contributed by atoms with Crippen molar-refractivity contribution in [3.63, 3.8) is 0 Å². The maximum absolute atomic E-state index is 12.0. The van der Waals surface area contributed by atoms with Crippen LogP contribution in [-0.2, 0) is 0 Å². The molecule has 0 aliphatic heterocycles. The van der Waals surface area contributed by atoms with E-state index in [-0.39, 0.29) is 17.2 Å². The molecule has 2 rings (SSSR count). The Kier molecular flexibility index (Phi) is 4.22. The maximum atomic E-state index is 12.0. The Balaban J connectivity index is 2.86. The fraction of sp³-hybridized carbons (Fsp3) is 0.294. The van der Waals surface area contributed by atoms with E-state index in [4.69, 9.17) is 4.74 Å². The lowest BCUT2D eigenvalue weighted by Crippen LogP contribution is -2.13. The number of aromatic amines is 1. The molecule has 0 unspecified atom stereocenters. The predicted molar refractivity (Wildman–Crippen MR) is 84.3 cm³/mol. The van der Waals surface area contributed by atoms with E-state index in [1.165, 1.54) is 7.11 Å². The monoisotopic (exact) mass is 298 g/mol. The van der Waals surface area contributed by atoms with Crippen LogP contribution in [0.1, 0.15) is 36.6 Å². The van der Waals surface area contributed by atoms with Crippen molar-refractivity contribution in [3.05, 3.63) is 45.4 Å². The molecule has 5 heteroatoms. The molecular weight excluding hydrogens is 280 g/mol. The summed E-state index contributed by atoms with van der Waals surface area (Å²) >= 11 is 0. The minimum Gasteiger partial charge on any atom is -0.504 e. The average molecular weight is 298 g/mol. The van der Waals surface area contributed by atoms with Crippen LogP contribution in [0, 0.1) is 18.3 Å². The first-order valence-electron chi connectivity index (χ1n) is 6.94. The van der Waals surface area contributed by atoms with Gasteiger partial charge in [0.15, 0.2) is 11.5 Å². The third-order valence-corrected chi connectivity index (χ3v) is 3.55. The van der Waals surface area contributed by atoms with E-state index in [1.54, 1.807) is 25.1 Å². The molecule has 0 saturated heterocycles. The van der Waals surface area contributed by atoms with Gasteiger partial charge in [-0.1, -0.05) is 13.8 Å². The largest absolute Gasteiger partial charge is 0.504 e. The van der Waals surface area contributed by atoms with E-state index in [2.05, 4.69) is 4.98 Å². The van der Waals surface area contributed by atoms with Gasteiger partial charge >= 0.3 is 0 Å². The van der Waals surface area contributed by atoms with Crippen LogP contribution in [0.4, 0.5) is 0 Å². The highest BCUT2D eigenvalue weighted by molar-refractivity contribution is 5.78. The molecule has 1 aromatic heterocycles. The number of aromatic hydroxyl groups is 1. The lowest BCUT2D eigenvalue weighted by molar-refractivity contribution is 0.373. The van der Waals surface area contributed by atoms with E-state index >= 15 is 0 Å². The zero-order valence-electron chi connectivity index (χ0n) is 13.0. The third kappa shape index (κ3) is 2.68. The number of methoxy groups -OCH3 is 1. The van der Waals surface area contributed by atoms with Gasteiger partial charge in [-0.15, -0.1) is 0 Å². The molecule has 0 amide bonds. The van der Waals surface area contributed by atoms with Crippen LogP contribution in [0.2, 0.25) is 0 Å². The van der Waals surface area contributed by atoms with Crippen LogP contribution in [0.3, 0.4) is 0 Å². The molecule has 0 spiro atoms. The Morgan fingerprint density at radius 1 is 1.27 bits per heavy atom. The van der Waals surface area contributed by atoms with Crippen LogP contribution < -0.4 is 10.3 Å². The van der Waals surface area contributed by atoms with Gasteiger partial charge in [0.2, 0.25) is 0 Å². The first-order chi connectivity index (χ1) is 10.4. The van der Waals surface area contributed by atoms with Crippen molar-refractivity contribution in [2.45, 2.75) is 26.7 Å². The molecule has 1 aromatic carbocycles. The fourth-order valence-electron chi connectivity index (χ4n) is 2.34. The number of aromatic nitrogens is 1. The molecule has 5 nitrogen and oxygen atoms in total. The minimum absolute atomic E-state index is 0.0242. The molecule has 114 valence electrons. The van der Waals surface area contributed by atoms with Gasteiger partial charge in [-0.2, -0.15) is 5.26 Å². The Bertz CT molecular complexity index is 814. The summed E-state index contributed by atoms with van der Waals surface area (Å²) in [6, 6.07) is 7.14. The Hall–Kier alpha value is -2.74. The number of aryl methyl sites for hydroxylation is 1. The van der Waals surface area contributed by atoms with Crippen molar-refractivity contribution in [3.8, 4) is 28.7 Å². The highest BCUT2D eigenvalue weighted by Crippen LogP contribution is 2.40. The number of hydrogen-bond acceptors (Lipinski definition) is 4. The smallest absolute Gasteiger partial charge is 0.266 e. The molecule has 2 N–H and O–H groups in total. The molecule has 22 heavy (non-hydrogen) atoms. The third-order valence-electron chi connectivity index (χ3n) is 3.55. The first kappa shape index (κ1) is 15.6. The molecule has 0 radical (unpaired) electrons. The number of rotatable bonds is 3. The van der Waals surface area contributed by atoms with Crippen LogP contribution in [-0.4, -0.2) is 17.2 Å². The lowest BCUT2D eigenvalue weighted by atomic mass is 9.94. The highest BCUT2D eigenvalue weighted by Gasteiger charge is 2.18. The van der Waals surface area contributed by atoms with Gasteiger partial charge in [-0.25, -0.2) is 0 Å². The van der Waals surface area contributed by atoms with E-state index in [1.807, 2.05) is 19.9 Å². The number of nitrogens with zero attached hydrogens (tertiary/aromatic N) is 1. The van der Waals surface area contributed by atoms with Gasteiger partial charge in [0.05, 0.1) is 7.11 Å². The van der Waals surface area contributed by atoms with Crippen molar-refractivity contribution in [2.24, 2.45) is 0 Å². The number of nitrogens with one attached hydrogen (secondary N) is 1. The summed E-state index contributed by atoms with van der Waals surface area (Å²) in [6.07, 6.45) is 0. The van der Waals surface area contributed by atoms with Crippen molar-refractivity contribution >= 4 is 0 Å². The van der Waals surface area contributed by atoms with Gasteiger partial charge < -0.3 is 14.8 Å². The lowest BCUT2D eigenvalue weighted by Gasteiger charge is -2.15. The number of ether oxygens (including phenoxy) is 1. The summed E-state index contributed by atoms with van der Waals surface area (Å²) in [5.41, 5.74) is 1.91. The summed E-state index contributed by atoms with van der Waals surface area (Å²) in [7, 11) is 1.47. The molecular formula is C17H18N2O3. The molecule has 0 fully saturated rings. The zero-order chi connectivity index (χ0) is 16.4. The molecule has 0 bridgehead atoms. The fourth-order valence-corrected chi connectivity index (χ4v) is 2.34. The molecule has 0 saturated carbocycles. The van der Waals surface area contributed by atoms with Crippen molar-refractivity contribution in [1.29, 1.82) is 5.26 Å². The quantitative estimate of drug-likeness (QED) is 0.911. The Morgan fingerprint density at radius 2 is 1.95 bits per heavy atom. The van der Waals surface area contributed by atoms with Crippen molar-refractivity contribution < 1.29 is 9.84 Å². The van der Waals surface area contributed by atoms with Gasteiger partial charge in [-0.3, -0.25) is 4.79 Å². The normalized spacial score (nSPS) is 10.5. The summed E-state index contributed by atoms with van der Waals surface area (Å²) in [4.78, 5) is 14.6. The molecule has 0 aliphatic rings. The van der Waals surface area contributed by atoms with Crippen LogP contribution in [0.15, 0.2) is 23.0 Å². The van der Waals surface area contributed by atoms with Gasteiger partial charge in [0, 0.05) is 16.8 Å². The number of H-pyrrole nitrogens is 1. The number of nitriles is 1. The van der Waals surface area contributed by atoms with Gasteiger partial charge in [0.1, 0.15) is 11.6 Å². The number of phenols is 1. The number of benzene rings is 1. The van der Waals surface area contributed by atoms with Crippen LogP contribution in [0.5, 0.6) is 11.5 Å². The summed E-state index contributed by atoms with van der Waals surface area (Å²) in [6.45, 7) is 5.76. The molecule has 0 atom stereocenters. The van der Waals surface area contributed by atoms with Gasteiger partial charge in [0.25, 0.3) is 5.56 Å². The Morgan fingerprint density at radius 3 is 2.50 bits per heavy atom. The summed E-state index contributed by atoms with van der Waals surface area (Å²) in [5, 5.41) is 19.7. The summed E-state index contributed by atoms with van der Waals surface area (Å²) in [5.74, 6) is 0.457. The molecule has 1 heterocycles. The summed E-state index contributed by atoms with van der Waals surface area (Å²) < 4.78 is 5.21. The van der Waals surface area contributed by atoms with Crippen molar-refractivity contribution in [1.82, 2.24) is 4.98 Å². The zero-order valence-corrected chi connectivity index (χ0v) is 13.0.